The van der Waals surface area contributed by atoms with Crippen molar-refractivity contribution in [1.82, 2.24) is 4.31 Å². The minimum atomic E-state index is -3.64. The first-order valence-electron chi connectivity index (χ1n) is 9.41. The van der Waals surface area contributed by atoms with Crippen molar-refractivity contribution < 1.29 is 13.2 Å². The Bertz CT molecular complexity index is 1100. The molecule has 4 rings (SSSR count). The first kappa shape index (κ1) is 19.9. The lowest BCUT2D eigenvalue weighted by Crippen LogP contribution is -2.48. The van der Waals surface area contributed by atoms with Crippen LogP contribution in [0.1, 0.15) is 19.4 Å². The number of piperazine rings is 1. The third kappa shape index (κ3) is 3.66. The molecule has 1 N–H and O–H groups in total. The summed E-state index contributed by atoms with van der Waals surface area (Å²) >= 11 is 5.95. The molecule has 0 atom stereocenters. The number of hydrogen-bond donors (Lipinski definition) is 1. The number of allylic oxidation sites excluding steroid dienone is 1. The van der Waals surface area contributed by atoms with E-state index in [1.54, 1.807) is 18.2 Å². The first-order valence-corrected chi connectivity index (χ1v) is 11.2. The zero-order valence-corrected chi connectivity index (χ0v) is 17.8. The predicted octanol–water partition coefficient (Wildman–Crippen LogP) is 3.60. The second-order valence-corrected chi connectivity index (χ2v) is 9.78. The summed E-state index contributed by atoms with van der Waals surface area (Å²) in [4.78, 5) is 14.5. The second-order valence-electron chi connectivity index (χ2n) is 7.40. The molecule has 6 nitrogen and oxygen atoms in total. The highest BCUT2D eigenvalue weighted by molar-refractivity contribution is 7.89. The van der Waals surface area contributed by atoms with Crippen LogP contribution < -0.4 is 10.2 Å². The maximum atomic E-state index is 13.2. The fourth-order valence-electron chi connectivity index (χ4n) is 3.79. The highest BCUT2D eigenvalue weighted by Gasteiger charge is 2.32. The van der Waals surface area contributed by atoms with Gasteiger partial charge in [-0.15, -0.1) is 0 Å². The summed E-state index contributed by atoms with van der Waals surface area (Å²) in [6.07, 6.45) is 0. The number of nitrogens with one attached hydrogen (secondary N) is 1. The molecule has 0 unspecified atom stereocenters. The molecule has 152 valence electrons. The number of halogens is 1. The lowest BCUT2D eigenvalue weighted by molar-refractivity contribution is -0.110. The van der Waals surface area contributed by atoms with Crippen LogP contribution in [-0.2, 0) is 14.8 Å². The van der Waals surface area contributed by atoms with E-state index in [1.165, 1.54) is 4.31 Å². The van der Waals surface area contributed by atoms with Gasteiger partial charge in [-0.05, 0) is 56.3 Å². The van der Waals surface area contributed by atoms with Gasteiger partial charge in [0.2, 0.25) is 10.0 Å². The average molecular weight is 432 g/mol. The monoisotopic (exact) mass is 431 g/mol. The molecule has 0 spiro atoms. The van der Waals surface area contributed by atoms with Crippen molar-refractivity contribution in [1.29, 1.82) is 0 Å². The van der Waals surface area contributed by atoms with Gasteiger partial charge in [0.1, 0.15) is 0 Å². The van der Waals surface area contributed by atoms with Crippen LogP contribution >= 0.6 is 11.6 Å². The lowest BCUT2D eigenvalue weighted by atomic mass is 10.0. The van der Waals surface area contributed by atoms with E-state index in [1.807, 2.05) is 38.1 Å². The molecule has 2 aromatic rings. The maximum Gasteiger partial charge on any atom is 0.256 e. The SMILES string of the molecule is CC(C)=C1C(=O)Nc2ccc(S(=O)(=O)N3CCN(c4ccc(Cl)cc4)CC3)cc21. The topological polar surface area (TPSA) is 69.7 Å². The van der Waals surface area contributed by atoms with Gasteiger partial charge >= 0.3 is 0 Å². The third-order valence-electron chi connectivity index (χ3n) is 5.30. The van der Waals surface area contributed by atoms with Crippen molar-refractivity contribution in [3.8, 4) is 0 Å². The van der Waals surface area contributed by atoms with Crippen molar-refractivity contribution in [3.05, 3.63) is 58.6 Å². The third-order valence-corrected chi connectivity index (χ3v) is 7.45. The lowest BCUT2D eigenvalue weighted by Gasteiger charge is -2.35. The summed E-state index contributed by atoms with van der Waals surface area (Å²) in [7, 11) is -3.64. The molecule has 0 radical (unpaired) electrons. The molecule has 2 aromatic carbocycles. The number of carbonyl (C=O) groups excluding carboxylic acids is 1. The fourth-order valence-corrected chi connectivity index (χ4v) is 5.37. The Morgan fingerprint density at radius 3 is 2.28 bits per heavy atom. The summed E-state index contributed by atoms with van der Waals surface area (Å²) in [5.41, 5.74) is 3.73. The van der Waals surface area contributed by atoms with Crippen LogP contribution in [-0.4, -0.2) is 44.8 Å². The summed E-state index contributed by atoms with van der Waals surface area (Å²) in [5.74, 6) is -0.189. The Morgan fingerprint density at radius 1 is 1.00 bits per heavy atom. The molecule has 0 bridgehead atoms. The van der Waals surface area contributed by atoms with Crippen molar-refractivity contribution in [2.24, 2.45) is 0 Å². The normalized spacial score (nSPS) is 17.3. The van der Waals surface area contributed by atoms with Crippen molar-refractivity contribution in [3.63, 3.8) is 0 Å². The number of sulfonamides is 1. The van der Waals surface area contributed by atoms with Gasteiger partial charge in [0.25, 0.3) is 5.91 Å². The van der Waals surface area contributed by atoms with E-state index in [0.717, 1.165) is 11.3 Å². The Hall–Kier alpha value is -2.35. The number of carbonyl (C=O) groups is 1. The Balaban J connectivity index is 1.55. The van der Waals surface area contributed by atoms with Crippen LogP contribution in [0.5, 0.6) is 0 Å². The van der Waals surface area contributed by atoms with E-state index >= 15 is 0 Å². The number of benzene rings is 2. The molecular weight excluding hydrogens is 410 g/mol. The number of nitrogens with zero attached hydrogens (tertiary/aromatic N) is 2. The zero-order chi connectivity index (χ0) is 20.8. The predicted molar refractivity (Wildman–Crippen MR) is 116 cm³/mol. The average Bonchev–Trinajstić information content (AvgIpc) is 3.03. The van der Waals surface area contributed by atoms with Gasteiger partial charge in [-0.2, -0.15) is 4.31 Å². The molecule has 2 aliphatic heterocycles. The van der Waals surface area contributed by atoms with Gasteiger partial charge in [0, 0.05) is 53.7 Å². The highest BCUT2D eigenvalue weighted by Crippen LogP contribution is 2.36. The van der Waals surface area contributed by atoms with Gasteiger partial charge in [0.05, 0.1) is 4.90 Å². The molecule has 29 heavy (non-hydrogen) atoms. The van der Waals surface area contributed by atoms with Crippen molar-refractivity contribution in [2.45, 2.75) is 18.7 Å². The van der Waals surface area contributed by atoms with Gasteiger partial charge in [0.15, 0.2) is 0 Å². The molecule has 1 saturated heterocycles. The van der Waals surface area contributed by atoms with Gasteiger partial charge < -0.3 is 10.2 Å². The fraction of sp³-hybridized carbons (Fsp3) is 0.286. The smallest absolute Gasteiger partial charge is 0.256 e. The molecule has 1 fully saturated rings. The minimum Gasteiger partial charge on any atom is -0.369 e. The van der Waals surface area contributed by atoms with Crippen LogP contribution in [0.3, 0.4) is 0 Å². The summed E-state index contributed by atoms with van der Waals surface area (Å²) in [6, 6.07) is 12.4. The van der Waals surface area contributed by atoms with Gasteiger partial charge in [-0.1, -0.05) is 17.2 Å². The maximum absolute atomic E-state index is 13.2. The van der Waals surface area contributed by atoms with Crippen LogP contribution in [0.25, 0.3) is 5.57 Å². The van der Waals surface area contributed by atoms with Crippen molar-refractivity contribution in [2.75, 3.05) is 36.4 Å². The molecular formula is C21H22ClN3O3S. The Labute approximate surface area is 175 Å². The number of hydrogen-bond acceptors (Lipinski definition) is 4. The standard InChI is InChI=1S/C21H22ClN3O3S/c1-14(2)20-18-13-17(7-8-19(18)23-21(20)26)29(27,28)25-11-9-24(10-12-25)16-5-3-15(22)4-6-16/h3-8,13H,9-12H2,1-2H3,(H,23,26). The minimum absolute atomic E-state index is 0.189. The number of amides is 1. The van der Waals surface area contributed by atoms with Gasteiger partial charge in [-0.3, -0.25) is 4.79 Å². The number of anilines is 2. The van der Waals surface area contributed by atoms with Crippen LogP contribution in [0.2, 0.25) is 5.02 Å². The second kappa shape index (κ2) is 7.48. The molecule has 8 heteroatoms. The first-order chi connectivity index (χ1) is 13.8. The summed E-state index contributed by atoms with van der Waals surface area (Å²) in [6.45, 7) is 5.70. The zero-order valence-electron chi connectivity index (χ0n) is 16.3. The molecule has 0 aromatic heterocycles. The van der Waals surface area contributed by atoms with Crippen LogP contribution in [0.4, 0.5) is 11.4 Å². The summed E-state index contributed by atoms with van der Waals surface area (Å²) in [5, 5.41) is 3.47. The number of rotatable bonds is 3. The van der Waals surface area contributed by atoms with Crippen molar-refractivity contribution >= 4 is 44.5 Å². The Morgan fingerprint density at radius 2 is 1.66 bits per heavy atom. The molecule has 1 amide bonds. The van der Waals surface area contributed by atoms with E-state index in [9.17, 15) is 13.2 Å². The van der Waals surface area contributed by atoms with Crippen LogP contribution in [0, 0.1) is 0 Å². The largest absolute Gasteiger partial charge is 0.369 e. The molecule has 0 aliphatic carbocycles. The Kier molecular flexibility index (Phi) is 5.14. The quantitative estimate of drug-likeness (QED) is 0.754. The van der Waals surface area contributed by atoms with E-state index in [2.05, 4.69) is 10.2 Å². The van der Waals surface area contributed by atoms with Crippen LogP contribution in [0.15, 0.2) is 52.9 Å². The number of fused-ring (bicyclic) bond motifs is 1. The van der Waals surface area contributed by atoms with E-state index in [0.29, 0.717) is 48.0 Å². The molecule has 0 saturated carbocycles. The van der Waals surface area contributed by atoms with E-state index in [4.69, 9.17) is 11.6 Å². The highest BCUT2D eigenvalue weighted by atomic mass is 35.5. The molecule has 2 aliphatic rings. The molecule has 2 heterocycles. The van der Waals surface area contributed by atoms with Gasteiger partial charge in [-0.25, -0.2) is 8.42 Å². The van der Waals surface area contributed by atoms with E-state index in [-0.39, 0.29) is 10.8 Å². The van der Waals surface area contributed by atoms with E-state index < -0.39 is 10.0 Å². The summed E-state index contributed by atoms with van der Waals surface area (Å²) < 4.78 is 27.9.